The van der Waals surface area contributed by atoms with Crippen LogP contribution in [0.25, 0.3) is 0 Å². The maximum Gasteiger partial charge on any atom is 0.272 e. The number of carbonyl (C=O) groups excluding carboxylic acids is 1. The van der Waals surface area contributed by atoms with E-state index < -0.39 is 0 Å². The molecule has 130 valence electrons. The summed E-state index contributed by atoms with van der Waals surface area (Å²) >= 11 is 0. The number of amides is 1. The summed E-state index contributed by atoms with van der Waals surface area (Å²) in [6.07, 6.45) is 4.35. The van der Waals surface area contributed by atoms with Crippen molar-refractivity contribution in [1.29, 1.82) is 0 Å². The van der Waals surface area contributed by atoms with Crippen molar-refractivity contribution in [2.45, 2.75) is 45.6 Å². The molecule has 1 saturated heterocycles. The summed E-state index contributed by atoms with van der Waals surface area (Å²) in [6.45, 7) is 5.78. The van der Waals surface area contributed by atoms with Gasteiger partial charge < -0.3 is 9.80 Å². The predicted molar refractivity (Wildman–Crippen MR) is 98.3 cm³/mol. The summed E-state index contributed by atoms with van der Waals surface area (Å²) in [4.78, 5) is 26.3. The molecule has 1 unspecified atom stereocenters. The Balaban J connectivity index is 1.69. The molecule has 1 atom stereocenters. The molecule has 1 fully saturated rings. The minimum Gasteiger partial charge on any atom is -0.337 e. The Morgan fingerprint density at radius 3 is 2.68 bits per heavy atom. The molecule has 1 amide bonds. The van der Waals surface area contributed by atoms with Gasteiger partial charge in [-0.1, -0.05) is 18.2 Å². The molecule has 0 spiro atoms. The average Bonchev–Trinajstić information content (AvgIpc) is 2.97. The van der Waals surface area contributed by atoms with Crippen molar-refractivity contribution in [3.05, 3.63) is 47.3 Å². The third-order valence-electron chi connectivity index (χ3n) is 5.13. The molecule has 1 aromatic heterocycles. The molecular weight excluding hydrogens is 312 g/mol. The first-order valence-electron chi connectivity index (χ1n) is 9.15. The van der Waals surface area contributed by atoms with Crippen LogP contribution in [0.2, 0.25) is 0 Å². The van der Waals surface area contributed by atoms with Gasteiger partial charge in [0.2, 0.25) is 5.95 Å². The van der Waals surface area contributed by atoms with Crippen molar-refractivity contribution in [2.75, 3.05) is 18.0 Å². The Hall–Kier alpha value is -2.43. The number of piperidine rings is 1. The fourth-order valence-electron chi connectivity index (χ4n) is 3.90. The number of fused-ring (bicyclic) bond motifs is 1. The minimum atomic E-state index is 0.0339. The fourth-order valence-corrected chi connectivity index (χ4v) is 3.90. The van der Waals surface area contributed by atoms with Crippen molar-refractivity contribution in [1.82, 2.24) is 14.9 Å². The Morgan fingerprint density at radius 1 is 1.12 bits per heavy atom. The van der Waals surface area contributed by atoms with Crippen LogP contribution in [0.15, 0.2) is 30.3 Å². The van der Waals surface area contributed by atoms with Gasteiger partial charge in [0.25, 0.3) is 5.91 Å². The number of anilines is 2. The van der Waals surface area contributed by atoms with Gasteiger partial charge in [0.05, 0.1) is 0 Å². The van der Waals surface area contributed by atoms with Gasteiger partial charge in [-0.25, -0.2) is 9.97 Å². The number of nitrogens with zero attached hydrogens (tertiary/aromatic N) is 4. The lowest BCUT2D eigenvalue weighted by molar-refractivity contribution is 0.0718. The Labute approximate surface area is 148 Å². The number of para-hydroxylation sites is 1. The van der Waals surface area contributed by atoms with E-state index in [2.05, 4.69) is 40.0 Å². The quantitative estimate of drug-likeness (QED) is 0.842. The maximum atomic E-state index is 12.9. The molecule has 0 radical (unpaired) electrons. The molecule has 5 nitrogen and oxygen atoms in total. The molecule has 3 heterocycles. The lowest BCUT2D eigenvalue weighted by Crippen LogP contribution is -2.36. The highest BCUT2D eigenvalue weighted by atomic mass is 16.2. The standard InChI is InChI=1S/C20H24N4O/c1-14-12-17(19(25)23-10-6-3-7-11-23)22-20(21-14)24-15(2)13-16-8-4-5-9-18(16)24/h4-5,8-9,12,15H,3,6-7,10-11,13H2,1-2H3. The van der Waals surface area contributed by atoms with Crippen LogP contribution < -0.4 is 4.90 Å². The third kappa shape index (κ3) is 2.99. The lowest BCUT2D eigenvalue weighted by Gasteiger charge is -2.27. The summed E-state index contributed by atoms with van der Waals surface area (Å²) in [6, 6.07) is 10.5. The summed E-state index contributed by atoms with van der Waals surface area (Å²) in [5.74, 6) is 0.671. The van der Waals surface area contributed by atoms with E-state index in [9.17, 15) is 4.79 Å². The smallest absolute Gasteiger partial charge is 0.272 e. The number of rotatable bonds is 2. The molecule has 2 aliphatic heterocycles. The van der Waals surface area contributed by atoms with Crippen LogP contribution in [-0.2, 0) is 6.42 Å². The van der Waals surface area contributed by atoms with Crippen molar-refractivity contribution in [3.8, 4) is 0 Å². The van der Waals surface area contributed by atoms with Gasteiger partial charge >= 0.3 is 0 Å². The molecule has 0 saturated carbocycles. The summed E-state index contributed by atoms with van der Waals surface area (Å²) < 4.78 is 0. The number of likely N-dealkylation sites (tertiary alicyclic amines) is 1. The van der Waals surface area contributed by atoms with Crippen molar-refractivity contribution >= 4 is 17.5 Å². The van der Waals surface area contributed by atoms with Crippen molar-refractivity contribution in [3.63, 3.8) is 0 Å². The highest BCUT2D eigenvalue weighted by Crippen LogP contribution is 2.36. The van der Waals surface area contributed by atoms with Gasteiger partial charge in [0, 0.05) is 30.5 Å². The molecule has 4 rings (SSSR count). The van der Waals surface area contributed by atoms with Crippen LogP contribution in [0.3, 0.4) is 0 Å². The number of hydrogen-bond acceptors (Lipinski definition) is 4. The summed E-state index contributed by atoms with van der Waals surface area (Å²) in [7, 11) is 0. The SMILES string of the molecule is Cc1cc(C(=O)N2CCCCC2)nc(N2c3ccccc3CC2C)n1. The molecule has 25 heavy (non-hydrogen) atoms. The van der Waals surface area contributed by atoms with Crippen LogP contribution in [0.5, 0.6) is 0 Å². The molecule has 2 aromatic rings. The monoisotopic (exact) mass is 336 g/mol. The van der Waals surface area contributed by atoms with E-state index in [1.165, 1.54) is 12.0 Å². The number of aryl methyl sites for hydroxylation is 1. The Morgan fingerprint density at radius 2 is 1.88 bits per heavy atom. The average molecular weight is 336 g/mol. The number of hydrogen-bond donors (Lipinski definition) is 0. The van der Waals surface area contributed by atoms with Gasteiger partial charge in [-0.15, -0.1) is 0 Å². The topological polar surface area (TPSA) is 49.3 Å². The second-order valence-electron chi connectivity index (χ2n) is 7.10. The van der Waals surface area contributed by atoms with Crippen LogP contribution in [0, 0.1) is 6.92 Å². The van der Waals surface area contributed by atoms with E-state index in [1.54, 1.807) is 0 Å². The summed E-state index contributed by atoms with van der Waals surface area (Å²) in [5.41, 5.74) is 3.81. The van der Waals surface area contributed by atoms with E-state index in [0.717, 1.165) is 43.7 Å². The lowest BCUT2D eigenvalue weighted by atomic mass is 10.1. The Kier molecular flexibility index (Phi) is 4.15. The number of carbonyl (C=O) groups is 1. The summed E-state index contributed by atoms with van der Waals surface area (Å²) in [5, 5.41) is 0. The van der Waals surface area contributed by atoms with Gasteiger partial charge in [0.15, 0.2) is 0 Å². The van der Waals surface area contributed by atoms with Gasteiger partial charge in [0.1, 0.15) is 5.69 Å². The van der Waals surface area contributed by atoms with E-state index in [-0.39, 0.29) is 11.9 Å². The van der Waals surface area contributed by atoms with E-state index >= 15 is 0 Å². The van der Waals surface area contributed by atoms with Crippen LogP contribution in [-0.4, -0.2) is 39.9 Å². The number of aromatic nitrogens is 2. The molecular formula is C20H24N4O. The zero-order valence-electron chi connectivity index (χ0n) is 14.9. The molecule has 0 aliphatic carbocycles. The van der Waals surface area contributed by atoms with Crippen LogP contribution in [0.4, 0.5) is 11.6 Å². The first-order valence-corrected chi connectivity index (χ1v) is 9.15. The minimum absolute atomic E-state index is 0.0339. The molecule has 0 bridgehead atoms. The largest absolute Gasteiger partial charge is 0.337 e. The molecule has 1 aromatic carbocycles. The zero-order valence-corrected chi connectivity index (χ0v) is 14.9. The normalized spacial score (nSPS) is 19.8. The maximum absolute atomic E-state index is 12.9. The zero-order chi connectivity index (χ0) is 17.4. The second-order valence-corrected chi connectivity index (χ2v) is 7.10. The van der Waals surface area contributed by atoms with Gasteiger partial charge in [-0.2, -0.15) is 0 Å². The highest BCUT2D eigenvalue weighted by Gasteiger charge is 2.30. The van der Waals surface area contributed by atoms with Crippen molar-refractivity contribution < 1.29 is 4.79 Å². The molecule has 2 aliphatic rings. The first-order chi connectivity index (χ1) is 12.1. The van der Waals surface area contributed by atoms with Gasteiger partial charge in [-0.3, -0.25) is 4.79 Å². The van der Waals surface area contributed by atoms with E-state index in [1.807, 2.05) is 24.0 Å². The molecule has 5 heteroatoms. The number of benzene rings is 1. The van der Waals surface area contributed by atoms with Gasteiger partial charge in [-0.05, 0) is 57.2 Å². The van der Waals surface area contributed by atoms with E-state index in [4.69, 9.17) is 0 Å². The third-order valence-corrected chi connectivity index (χ3v) is 5.13. The highest BCUT2D eigenvalue weighted by molar-refractivity contribution is 5.93. The van der Waals surface area contributed by atoms with Crippen LogP contribution >= 0.6 is 0 Å². The molecule has 0 N–H and O–H groups in total. The van der Waals surface area contributed by atoms with E-state index in [0.29, 0.717) is 11.6 Å². The fraction of sp³-hybridized carbons (Fsp3) is 0.450. The second kappa shape index (κ2) is 6.47. The Bertz CT molecular complexity index is 798. The van der Waals surface area contributed by atoms with Crippen molar-refractivity contribution in [2.24, 2.45) is 0 Å². The van der Waals surface area contributed by atoms with Crippen LogP contribution in [0.1, 0.15) is 47.9 Å². The first kappa shape index (κ1) is 16.1. The predicted octanol–water partition coefficient (Wildman–Crippen LogP) is 3.49.